The van der Waals surface area contributed by atoms with Crippen molar-refractivity contribution in [2.75, 3.05) is 13.2 Å². The van der Waals surface area contributed by atoms with Crippen LogP contribution < -0.4 is 0 Å². The maximum Gasteiger partial charge on any atom is 0.188 e. The van der Waals surface area contributed by atoms with Crippen LogP contribution >= 0.6 is 11.6 Å². The predicted molar refractivity (Wildman–Crippen MR) is 59.3 cm³/mol. The normalized spacial score (nSPS) is 15.3. The number of carbonyl (C=O) groups excluding carboxylic acids is 1. The van der Waals surface area contributed by atoms with E-state index >= 15 is 0 Å². The molecule has 0 heterocycles. The number of halogens is 1. The molecule has 1 saturated carbocycles. The van der Waals surface area contributed by atoms with Crippen molar-refractivity contribution < 1.29 is 9.53 Å². The lowest BCUT2D eigenvalue weighted by Gasteiger charge is -2.02. The van der Waals surface area contributed by atoms with Gasteiger partial charge in [0, 0.05) is 10.6 Å². The molecule has 1 aromatic carbocycles. The van der Waals surface area contributed by atoms with Gasteiger partial charge in [-0.1, -0.05) is 23.7 Å². The molecule has 1 aliphatic carbocycles. The number of Topliss-reactive ketones (excluding diaryl/α,β-unsaturated/α-hetero) is 1. The van der Waals surface area contributed by atoms with Crippen molar-refractivity contribution in [2.24, 2.45) is 5.92 Å². The van der Waals surface area contributed by atoms with Gasteiger partial charge < -0.3 is 4.74 Å². The first-order chi connectivity index (χ1) is 7.25. The molecule has 1 aromatic rings. The van der Waals surface area contributed by atoms with E-state index in [2.05, 4.69) is 0 Å². The highest BCUT2D eigenvalue weighted by atomic mass is 35.5. The molecule has 0 spiro atoms. The molecule has 0 aliphatic heterocycles. The van der Waals surface area contributed by atoms with Crippen LogP contribution in [0.15, 0.2) is 24.3 Å². The average molecular weight is 225 g/mol. The van der Waals surface area contributed by atoms with Gasteiger partial charge in [0.15, 0.2) is 5.78 Å². The lowest BCUT2D eigenvalue weighted by Crippen LogP contribution is -2.10. The number of hydrogen-bond acceptors (Lipinski definition) is 2. The fraction of sp³-hybridized carbons (Fsp3) is 0.417. The minimum atomic E-state index is -0.00171. The molecule has 0 unspecified atom stereocenters. The Kier molecular flexibility index (Phi) is 3.39. The first-order valence-corrected chi connectivity index (χ1v) is 5.50. The second-order valence-corrected chi connectivity index (χ2v) is 4.33. The number of carbonyl (C=O) groups is 1. The van der Waals surface area contributed by atoms with Crippen molar-refractivity contribution >= 4 is 17.4 Å². The molecule has 0 N–H and O–H groups in total. The van der Waals surface area contributed by atoms with Crippen LogP contribution in [0.3, 0.4) is 0 Å². The van der Waals surface area contributed by atoms with E-state index in [4.69, 9.17) is 16.3 Å². The second-order valence-electron chi connectivity index (χ2n) is 3.89. The summed E-state index contributed by atoms with van der Waals surface area (Å²) in [5, 5.41) is 0.586. The zero-order valence-corrected chi connectivity index (χ0v) is 9.17. The Balaban J connectivity index is 1.83. The first kappa shape index (κ1) is 10.7. The molecule has 2 nitrogen and oxygen atoms in total. The number of rotatable bonds is 5. The van der Waals surface area contributed by atoms with Gasteiger partial charge in [0.25, 0.3) is 0 Å². The van der Waals surface area contributed by atoms with Crippen molar-refractivity contribution in [3.8, 4) is 0 Å². The van der Waals surface area contributed by atoms with Crippen LogP contribution in [0.5, 0.6) is 0 Å². The molecule has 80 valence electrons. The van der Waals surface area contributed by atoms with Gasteiger partial charge >= 0.3 is 0 Å². The summed E-state index contributed by atoms with van der Waals surface area (Å²) >= 11 is 5.79. The zero-order valence-electron chi connectivity index (χ0n) is 8.41. The minimum absolute atomic E-state index is 0.00171. The topological polar surface area (TPSA) is 26.3 Å². The number of ether oxygens (including phenoxy) is 1. The van der Waals surface area contributed by atoms with Crippen molar-refractivity contribution in [2.45, 2.75) is 12.8 Å². The van der Waals surface area contributed by atoms with E-state index in [-0.39, 0.29) is 12.4 Å². The third-order valence-corrected chi connectivity index (χ3v) is 2.67. The van der Waals surface area contributed by atoms with Crippen LogP contribution in [-0.4, -0.2) is 19.0 Å². The number of hydrogen-bond donors (Lipinski definition) is 0. The van der Waals surface area contributed by atoms with Crippen LogP contribution in [0, 0.1) is 5.92 Å². The van der Waals surface area contributed by atoms with E-state index < -0.39 is 0 Å². The van der Waals surface area contributed by atoms with Gasteiger partial charge in [-0.2, -0.15) is 0 Å². The standard InChI is InChI=1S/C12H13ClO2/c13-11-3-1-2-10(6-11)12(14)8-15-7-9-4-5-9/h1-3,6,9H,4-5,7-8H2. The van der Waals surface area contributed by atoms with Gasteiger partial charge in [-0.25, -0.2) is 0 Å². The predicted octanol–water partition coefficient (Wildman–Crippen LogP) is 2.95. The summed E-state index contributed by atoms with van der Waals surface area (Å²) in [5.74, 6) is 0.690. The Bertz CT molecular complexity index is 358. The third kappa shape index (κ3) is 3.33. The molecule has 2 rings (SSSR count). The molecule has 15 heavy (non-hydrogen) atoms. The highest BCUT2D eigenvalue weighted by Gasteiger charge is 2.21. The smallest absolute Gasteiger partial charge is 0.188 e. The highest BCUT2D eigenvalue weighted by Crippen LogP contribution is 2.28. The molecule has 0 saturated heterocycles. The van der Waals surface area contributed by atoms with Gasteiger partial charge in [-0.15, -0.1) is 0 Å². The Morgan fingerprint density at radius 2 is 2.27 bits per heavy atom. The van der Waals surface area contributed by atoms with Crippen LogP contribution in [0.1, 0.15) is 23.2 Å². The Hall–Kier alpha value is -0.860. The van der Waals surface area contributed by atoms with Gasteiger partial charge in [-0.05, 0) is 30.9 Å². The van der Waals surface area contributed by atoms with Crippen molar-refractivity contribution in [3.63, 3.8) is 0 Å². The second kappa shape index (κ2) is 4.77. The first-order valence-electron chi connectivity index (χ1n) is 5.12. The van der Waals surface area contributed by atoms with E-state index in [1.54, 1.807) is 24.3 Å². The summed E-state index contributed by atoms with van der Waals surface area (Å²) < 4.78 is 5.32. The molecule has 0 atom stereocenters. The SMILES string of the molecule is O=C(COCC1CC1)c1cccc(Cl)c1. The molecule has 1 aliphatic rings. The minimum Gasteiger partial charge on any atom is -0.373 e. The van der Waals surface area contributed by atoms with Crippen molar-refractivity contribution in [1.82, 2.24) is 0 Å². The Labute approximate surface area is 94.2 Å². The molecule has 0 aromatic heterocycles. The van der Waals surface area contributed by atoms with Crippen LogP contribution in [0.2, 0.25) is 5.02 Å². The summed E-state index contributed by atoms with van der Waals surface area (Å²) in [4.78, 5) is 11.6. The summed E-state index contributed by atoms with van der Waals surface area (Å²) in [6.45, 7) is 0.878. The van der Waals surface area contributed by atoms with E-state index in [1.165, 1.54) is 12.8 Å². The Morgan fingerprint density at radius 1 is 1.47 bits per heavy atom. The largest absolute Gasteiger partial charge is 0.373 e. The van der Waals surface area contributed by atoms with Crippen LogP contribution in [0.4, 0.5) is 0 Å². The molecule has 0 amide bonds. The number of ketones is 1. The molecular formula is C12H13ClO2. The van der Waals surface area contributed by atoms with E-state index in [0.29, 0.717) is 23.1 Å². The van der Waals surface area contributed by atoms with Crippen molar-refractivity contribution in [1.29, 1.82) is 0 Å². The quantitative estimate of drug-likeness (QED) is 0.719. The summed E-state index contributed by atoms with van der Waals surface area (Å²) in [6.07, 6.45) is 2.48. The van der Waals surface area contributed by atoms with Gasteiger partial charge in [0.05, 0.1) is 6.61 Å². The molecule has 3 heteroatoms. The highest BCUT2D eigenvalue weighted by molar-refractivity contribution is 6.31. The lowest BCUT2D eigenvalue weighted by molar-refractivity contribution is 0.0740. The average Bonchev–Trinajstić information content (AvgIpc) is 3.01. The van der Waals surface area contributed by atoms with E-state index in [9.17, 15) is 4.79 Å². The fourth-order valence-electron chi connectivity index (χ4n) is 1.35. The van der Waals surface area contributed by atoms with E-state index in [0.717, 1.165) is 0 Å². The van der Waals surface area contributed by atoms with Gasteiger partial charge in [-0.3, -0.25) is 4.79 Å². The summed E-state index contributed by atoms with van der Waals surface area (Å²) in [6, 6.07) is 6.96. The zero-order chi connectivity index (χ0) is 10.7. The molecule has 0 radical (unpaired) electrons. The Morgan fingerprint density at radius 3 is 2.93 bits per heavy atom. The van der Waals surface area contributed by atoms with Crippen molar-refractivity contribution in [3.05, 3.63) is 34.9 Å². The fourth-order valence-corrected chi connectivity index (χ4v) is 1.54. The molecule has 1 fully saturated rings. The van der Waals surface area contributed by atoms with Crippen LogP contribution in [-0.2, 0) is 4.74 Å². The number of benzene rings is 1. The molecular weight excluding hydrogens is 212 g/mol. The molecule has 0 bridgehead atoms. The maximum absolute atomic E-state index is 11.6. The maximum atomic E-state index is 11.6. The monoisotopic (exact) mass is 224 g/mol. The third-order valence-electron chi connectivity index (χ3n) is 2.43. The van der Waals surface area contributed by atoms with Crippen LogP contribution in [0.25, 0.3) is 0 Å². The van der Waals surface area contributed by atoms with E-state index in [1.807, 2.05) is 0 Å². The van der Waals surface area contributed by atoms with Gasteiger partial charge in [0.2, 0.25) is 0 Å². The summed E-state index contributed by atoms with van der Waals surface area (Å²) in [5.41, 5.74) is 0.623. The summed E-state index contributed by atoms with van der Waals surface area (Å²) in [7, 11) is 0. The lowest BCUT2D eigenvalue weighted by atomic mass is 10.1. The van der Waals surface area contributed by atoms with Gasteiger partial charge in [0.1, 0.15) is 6.61 Å².